The van der Waals surface area contributed by atoms with Crippen molar-refractivity contribution in [1.82, 2.24) is 25.8 Å². The van der Waals surface area contributed by atoms with Crippen LogP contribution in [0.1, 0.15) is 102 Å². The molecule has 0 saturated carbocycles. The van der Waals surface area contributed by atoms with Crippen molar-refractivity contribution in [2.45, 2.75) is 77.2 Å². The second-order valence-electron chi connectivity index (χ2n) is 14.1. The molecule has 3 aromatic carbocycles. The van der Waals surface area contributed by atoms with Crippen molar-refractivity contribution >= 4 is 63.4 Å². The van der Waals surface area contributed by atoms with E-state index in [1.54, 1.807) is 12.3 Å². The lowest BCUT2D eigenvalue weighted by atomic mass is 10.0. The van der Waals surface area contributed by atoms with Gasteiger partial charge in [-0.2, -0.15) is 0 Å². The van der Waals surface area contributed by atoms with Gasteiger partial charge in [0.15, 0.2) is 6.61 Å². The number of nitrogens with one attached hydrogen (secondary N) is 5. The number of unbranched alkanes of at least 4 members (excludes halogenated alkanes) is 7. The van der Waals surface area contributed by atoms with Crippen molar-refractivity contribution in [3.8, 4) is 5.75 Å². The van der Waals surface area contributed by atoms with Crippen LogP contribution in [-0.4, -0.2) is 77.6 Å². The maximum atomic E-state index is 13.2. The summed E-state index contributed by atoms with van der Waals surface area (Å²) in [5.41, 5.74) is 3.99. The monoisotopic (exact) mass is 775 g/mol. The Balaban J connectivity index is 0.850. The number of anilines is 3. The summed E-state index contributed by atoms with van der Waals surface area (Å²) in [6.45, 7) is 3.43. The molecule has 6 rings (SSSR count). The molecule has 14 heteroatoms. The number of hydrogen-bond donors (Lipinski definition) is 5. The minimum atomic E-state index is -1.08. The smallest absolute Gasteiger partial charge is 0.266 e. The molecule has 0 spiro atoms. The zero-order valence-corrected chi connectivity index (χ0v) is 32.2. The van der Waals surface area contributed by atoms with Gasteiger partial charge in [0.05, 0.1) is 27.9 Å². The van der Waals surface area contributed by atoms with Gasteiger partial charge < -0.3 is 26.0 Å². The molecule has 2 aliphatic rings. The number of rotatable bonds is 20. The Morgan fingerprint density at radius 2 is 1.56 bits per heavy atom. The average molecular weight is 776 g/mol. The van der Waals surface area contributed by atoms with Crippen LogP contribution in [0.15, 0.2) is 72.9 Å². The highest BCUT2D eigenvalue weighted by Crippen LogP contribution is 2.34. The molecule has 2 aliphatic heterocycles. The Hall–Kier alpha value is -6.31. The van der Waals surface area contributed by atoms with Gasteiger partial charge in [-0.15, -0.1) is 0 Å². The molecule has 14 nitrogen and oxygen atoms in total. The topological polar surface area (TPSA) is 188 Å². The highest BCUT2D eigenvalue weighted by atomic mass is 16.5. The van der Waals surface area contributed by atoms with Gasteiger partial charge in [-0.1, -0.05) is 62.8 Å². The Morgan fingerprint density at radius 1 is 0.825 bits per heavy atom. The highest BCUT2D eigenvalue weighted by Gasteiger charge is 2.46. The average Bonchev–Trinajstić information content (AvgIpc) is 3.46. The van der Waals surface area contributed by atoms with E-state index in [-0.39, 0.29) is 48.1 Å². The molecule has 0 radical (unpaired) electrons. The first-order valence-corrected chi connectivity index (χ1v) is 19.8. The van der Waals surface area contributed by atoms with Crippen molar-refractivity contribution in [3.63, 3.8) is 0 Å². The summed E-state index contributed by atoms with van der Waals surface area (Å²) in [6.07, 6.45) is 10.1. The van der Waals surface area contributed by atoms with E-state index in [0.29, 0.717) is 18.7 Å². The third-order valence-corrected chi connectivity index (χ3v) is 10.0. The van der Waals surface area contributed by atoms with Gasteiger partial charge in [-0.05, 0) is 68.7 Å². The van der Waals surface area contributed by atoms with E-state index >= 15 is 0 Å². The normalized spacial score (nSPS) is 15.0. The first-order chi connectivity index (χ1) is 27.7. The second kappa shape index (κ2) is 19.5. The first-order valence-electron chi connectivity index (χ1n) is 19.8. The van der Waals surface area contributed by atoms with E-state index in [9.17, 15) is 28.8 Å². The van der Waals surface area contributed by atoms with Crippen molar-refractivity contribution in [3.05, 3.63) is 89.6 Å². The maximum Gasteiger partial charge on any atom is 0.266 e. The van der Waals surface area contributed by atoms with Gasteiger partial charge in [-0.3, -0.25) is 44.0 Å². The van der Waals surface area contributed by atoms with E-state index in [4.69, 9.17) is 4.74 Å². The summed E-state index contributed by atoms with van der Waals surface area (Å²) < 4.78 is 5.66. The van der Waals surface area contributed by atoms with Crippen molar-refractivity contribution in [1.29, 1.82) is 0 Å². The minimum Gasteiger partial charge on any atom is -0.483 e. The highest BCUT2D eigenvalue weighted by molar-refractivity contribution is 6.24. The number of carbonyl (C=O) groups excluding carboxylic acids is 6. The Morgan fingerprint density at radius 3 is 2.30 bits per heavy atom. The molecule has 57 heavy (non-hydrogen) atoms. The van der Waals surface area contributed by atoms with Crippen LogP contribution < -0.4 is 31.3 Å². The number of fused-ring (bicyclic) bond motifs is 2. The fraction of sp³-hybridized carbons (Fsp3) is 0.372. The molecular weight excluding hydrogens is 727 g/mol. The molecule has 1 atom stereocenters. The number of amides is 6. The van der Waals surface area contributed by atoms with Crippen LogP contribution in [0.3, 0.4) is 0 Å². The lowest BCUT2D eigenvalue weighted by Crippen LogP contribution is -2.54. The van der Waals surface area contributed by atoms with Crippen LogP contribution >= 0.6 is 0 Å². The van der Waals surface area contributed by atoms with E-state index in [1.165, 1.54) is 12.1 Å². The van der Waals surface area contributed by atoms with E-state index in [2.05, 4.69) is 31.6 Å². The van der Waals surface area contributed by atoms with E-state index < -0.39 is 29.7 Å². The van der Waals surface area contributed by atoms with Crippen molar-refractivity contribution in [2.24, 2.45) is 0 Å². The number of carbonyl (C=O) groups is 6. The molecule has 0 bridgehead atoms. The number of pyridine rings is 1. The molecule has 6 amide bonds. The van der Waals surface area contributed by atoms with Crippen LogP contribution in [0.25, 0.3) is 10.9 Å². The zero-order valence-electron chi connectivity index (χ0n) is 32.2. The molecule has 4 aromatic rings. The van der Waals surface area contributed by atoms with Gasteiger partial charge in [0, 0.05) is 49.0 Å². The number of hydrogen-bond acceptors (Lipinski definition) is 10. The number of ether oxygens (including phenoxy) is 1. The minimum absolute atomic E-state index is 0.0129. The number of aromatic nitrogens is 1. The van der Waals surface area contributed by atoms with Crippen molar-refractivity contribution in [2.75, 3.05) is 36.9 Å². The lowest BCUT2D eigenvalue weighted by molar-refractivity contribution is -0.136. The largest absolute Gasteiger partial charge is 0.483 e. The Bertz CT molecular complexity index is 2120. The van der Waals surface area contributed by atoms with Crippen LogP contribution in [0, 0.1) is 0 Å². The first kappa shape index (κ1) is 40.4. The molecule has 1 unspecified atom stereocenters. The fourth-order valence-electron chi connectivity index (χ4n) is 7.10. The molecular formula is C43H49N7O7. The predicted octanol–water partition coefficient (Wildman–Crippen LogP) is 5.86. The van der Waals surface area contributed by atoms with Crippen LogP contribution in [-0.2, 0) is 14.4 Å². The molecule has 3 heterocycles. The second-order valence-corrected chi connectivity index (χ2v) is 14.1. The number of imide groups is 2. The van der Waals surface area contributed by atoms with Crippen molar-refractivity contribution < 1.29 is 33.5 Å². The number of nitrogens with zero attached hydrogens (tertiary/aromatic N) is 2. The van der Waals surface area contributed by atoms with Gasteiger partial charge in [0.25, 0.3) is 23.6 Å². The predicted molar refractivity (Wildman–Crippen MR) is 217 cm³/mol. The molecule has 5 N–H and O–H groups in total. The van der Waals surface area contributed by atoms with Gasteiger partial charge in [0.1, 0.15) is 11.8 Å². The molecule has 1 aromatic heterocycles. The quantitative estimate of drug-likeness (QED) is 0.0538. The van der Waals surface area contributed by atoms with Crippen LogP contribution in [0.4, 0.5) is 17.1 Å². The van der Waals surface area contributed by atoms with Crippen LogP contribution in [0.5, 0.6) is 5.75 Å². The maximum absolute atomic E-state index is 13.2. The third kappa shape index (κ3) is 10.1. The Kier molecular flexibility index (Phi) is 13.8. The molecule has 1 fully saturated rings. The fourth-order valence-corrected chi connectivity index (χ4v) is 7.10. The van der Waals surface area contributed by atoms with Gasteiger partial charge in [0.2, 0.25) is 11.8 Å². The number of para-hydroxylation sites is 1. The number of piperidine rings is 1. The molecule has 298 valence electrons. The van der Waals surface area contributed by atoms with Gasteiger partial charge >= 0.3 is 0 Å². The lowest BCUT2D eigenvalue weighted by Gasteiger charge is -2.27. The Labute approximate surface area is 331 Å². The summed E-state index contributed by atoms with van der Waals surface area (Å²) in [5, 5.41) is 15.8. The molecule has 0 aliphatic carbocycles. The van der Waals surface area contributed by atoms with Crippen LogP contribution in [0.2, 0.25) is 0 Å². The summed E-state index contributed by atoms with van der Waals surface area (Å²) in [4.78, 5) is 80.9. The zero-order chi connectivity index (χ0) is 40.1. The standard InChI is InChI=1S/C43H49N7O7/c1-2-44-40(53)32-26-47-33-20-19-29(25-31(33)39(32)48-28-15-10-9-11-16-28)45-23-12-7-5-3-4-6-8-13-24-46-37(52)27-57-35-18-14-17-30-38(35)43(56)50(42(30)55)34-21-22-36(51)49-41(34)54/h9-11,14-20,25-26,34,45H,2-8,12-13,21-24,27H2,1H3,(H,44,53)(H,46,52)(H,47,48)(H,49,51,54). The van der Waals surface area contributed by atoms with E-state index in [1.807, 2.05) is 55.5 Å². The summed E-state index contributed by atoms with van der Waals surface area (Å²) in [5.74, 6) is -2.86. The summed E-state index contributed by atoms with van der Waals surface area (Å²) in [7, 11) is 0. The van der Waals surface area contributed by atoms with E-state index in [0.717, 1.165) is 90.8 Å². The SMILES string of the molecule is CCNC(=O)c1cnc2ccc(NCCCCCCCCCCNC(=O)COc3cccc4c3C(=O)N(C3CCC(=O)NC3=O)C4=O)cc2c1Nc1ccccc1. The summed E-state index contributed by atoms with van der Waals surface area (Å²) in [6, 6.07) is 19.3. The third-order valence-electron chi connectivity index (χ3n) is 10.0. The van der Waals surface area contributed by atoms with Gasteiger partial charge in [-0.25, -0.2) is 0 Å². The molecule has 1 saturated heterocycles. The number of benzene rings is 3. The summed E-state index contributed by atoms with van der Waals surface area (Å²) >= 11 is 0.